The molecule has 8 heteroatoms. The Balaban J connectivity index is 2.21. The number of aromatic carboxylic acids is 1. The van der Waals surface area contributed by atoms with Crippen LogP contribution in [0.15, 0.2) is 34.2 Å². The van der Waals surface area contributed by atoms with E-state index in [4.69, 9.17) is 5.11 Å². The number of carboxylic acid groups (broad SMARTS) is 1. The Labute approximate surface area is 108 Å². The Morgan fingerprint density at radius 1 is 1.33 bits per heavy atom. The van der Waals surface area contributed by atoms with E-state index in [2.05, 4.69) is 9.71 Å². The highest BCUT2D eigenvalue weighted by molar-refractivity contribution is 8.15. The van der Waals surface area contributed by atoms with Crippen molar-refractivity contribution < 1.29 is 18.3 Å². The SMILES string of the molecule is O=C(O)c1ccc(S(=O)(=O)NC2=NCCS2)cc1. The maximum atomic E-state index is 11.9. The lowest BCUT2D eigenvalue weighted by Gasteiger charge is -2.06. The second kappa shape index (κ2) is 4.99. The first-order chi connectivity index (χ1) is 8.49. The molecule has 0 unspecified atom stereocenters. The lowest BCUT2D eigenvalue weighted by Crippen LogP contribution is -2.27. The van der Waals surface area contributed by atoms with Gasteiger partial charge < -0.3 is 5.11 Å². The number of thioether (sulfide) groups is 1. The second-order valence-corrected chi connectivity index (χ2v) is 6.24. The van der Waals surface area contributed by atoms with Crippen LogP contribution in [0.2, 0.25) is 0 Å². The standard InChI is InChI=1S/C10H10N2O4S2/c13-9(14)7-1-3-8(4-2-7)18(15,16)12-10-11-5-6-17-10/h1-4H,5-6H2,(H,11,12)(H,13,14). The smallest absolute Gasteiger partial charge is 0.335 e. The van der Waals surface area contributed by atoms with Crippen LogP contribution in [0.1, 0.15) is 10.4 Å². The molecule has 1 heterocycles. The number of rotatable bonds is 3. The molecule has 1 aromatic rings. The van der Waals surface area contributed by atoms with Crippen LogP contribution in [0.4, 0.5) is 0 Å². The average molecular weight is 286 g/mol. The second-order valence-electron chi connectivity index (χ2n) is 3.47. The number of sulfonamides is 1. The summed E-state index contributed by atoms with van der Waals surface area (Å²) >= 11 is 1.34. The Kier molecular flexibility index (Phi) is 3.58. The maximum absolute atomic E-state index is 11.9. The third-order valence-electron chi connectivity index (χ3n) is 2.22. The van der Waals surface area contributed by atoms with E-state index in [1.165, 1.54) is 36.0 Å². The summed E-state index contributed by atoms with van der Waals surface area (Å²) in [6.45, 7) is 0.598. The molecule has 6 nitrogen and oxygen atoms in total. The number of carboxylic acids is 1. The van der Waals surface area contributed by atoms with Crippen LogP contribution in [-0.4, -0.2) is 37.0 Å². The first kappa shape index (κ1) is 12.9. The van der Waals surface area contributed by atoms with E-state index in [1.54, 1.807) is 0 Å². The van der Waals surface area contributed by atoms with E-state index in [0.717, 1.165) is 5.75 Å². The van der Waals surface area contributed by atoms with Crippen LogP contribution >= 0.6 is 11.8 Å². The minimum atomic E-state index is -3.68. The number of nitrogens with zero attached hydrogens (tertiary/aromatic N) is 1. The van der Waals surface area contributed by atoms with Gasteiger partial charge in [-0.05, 0) is 24.3 Å². The number of benzene rings is 1. The molecule has 0 radical (unpaired) electrons. The molecule has 1 aromatic carbocycles. The van der Waals surface area contributed by atoms with Gasteiger partial charge in [-0.3, -0.25) is 9.71 Å². The zero-order valence-electron chi connectivity index (χ0n) is 9.16. The minimum absolute atomic E-state index is 0.0164. The van der Waals surface area contributed by atoms with E-state index in [9.17, 15) is 13.2 Å². The number of aliphatic imine (C=N–C) groups is 1. The van der Waals surface area contributed by atoms with Gasteiger partial charge in [-0.25, -0.2) is 13.2 Å². The van der Waals surface area contributed by atoms with Crippen molar-refractivity contribution in [2.45, 2.75) is 4.90 Å². The van der Waals surface area contributed by atoms with Crippen LogP contribution < -0.4 is 4.72 Å². The molecule has 1 aliphatic rings. The van der Waals surface area contributed by atoms with Crippen molar-refractivity contribution in [3.05, 3.63) is 29.8 Å². The summed E-state index contributed by atoms with van der Waals surface area (Å²) in [5, 5.41) is 9.09. The quantitative estimate of drug-likeness (QED) is 0.855. The Bertz CT molecular complexity index is 593. The van der Waals surface area contributed by atoms with Gasteiger partial charge in [0, 0.05) is 5.75 Å². The highest BCUT2D eigenvalue weighted by Gasteiger charge is 2.18. The third-order valence-corrected chi connectivity index (χ3v) is 4.59. The molecule has 0 saturated heterocycles. The van der Waals surface area contributed by atoms with Gasteiger partial charge >= 0.3 is 5.97 Å². The van der Waals surface area contributed by atoms with Crippen molar-refractivity contribution in [1.29, 1.82) is 0 Å². The van der Waals surface area contributed by atoms with E-state index < -0.39 is 16.0 Å². The topological polar surface area (TPSA) is 95.8 Å². The van der Waals surface area contributed by atoms with Crippen molar-refractivity contribution in [2.24, 2.45) is 4.99 Å². The van der Waals surface area contributed by atoms with E-state index in [0.29, 0.717) is 11.7 Å². The highest BCUT2D eigenvalue weighted by atomic mass is 32.2. The lowest BCUT2D eigenvalue weighted by molar-refractivity contribution is 0.0697. The van der Waals surface area contributed by atoms with Crippen LogP contribution in [0.5, 0.6) is 0 Å². The van der Waals surface area contributed by atoms with Gasteiger partial charge in [-0.15, -0.1) is 0 Å². The van der Waals surface area contributed by atoms with Gasteiger partial charge in [0.2, 0.25) is 0 Å². The zero-order chi connectivity index (χ0) is 13.2. The maximum Gasteiger partial charge on any atom is 0.335 e. The normalized spacial score (nSPS) is 15.2. The molecule has 1 aliphatic heterocycles. The summed E-state index contributed by atoms with van der Waals surface area (Å²) in [6, 6.07) is 5.01. The molecule has 0 atom stereocenters. The third kappa shape index (κ3) is 2.82. The van der Waals surface area contributed by atoms with Crippen molar-refractivity contribution in [3.8, 4) is 0 Å². The summed E-state index contributed by atoms with van der Waals surface area (Å²) in [5.74, 6) is -0.335. The zero-order valence-corrected chi connectivity index (χ0v) is 10.8. The molecule has 0 aliphatic carbocycles. The Hall–Kier alpha value is -1.54. The first-order valence-electron chi connectivity index (χ1n) is 5.02. The number of carbonyl (C=O) groups is 1. The van der Waals surface area contributed by atoms with Crippen LogP contribution in [0, 0.1) is 0 Å². The van der Waals surface area contributed by atoms with Crippen molar-refractivity contribution in [3.63, 3.8) is 0 Å². The number of amidine groups is 1. The fourth-order valence-electron chi connectivity index (χ4n) is 1.35. The lowest BCUT2D eigenvalue weighted by atomic mass is 10.2. The fraction of sp³-hybridized carbons (Fsp3) is 0.200. The average Bonchev–Trinajstić information content (AvgIpc) is 2.81. The molecule has 96 valence electrons. The summed E-state index contributed by atoms with van der Waals surface area (Å²) in [6.07, 6.45) is 0. The molecular weight excluding hydrogens is 276 g/mol. The van der Waals surface area contributed by atoms with Crippen molar-refractivity contribution >= 4 is 32.9 Å². The van der Waals surface area contributed by atoms with Crippen LogP contribution in [0.25, 0.3) is 0 Å². The largest absolute Gasteiger partial charge is 0.478 e. The van der Waals surface area contributed by atoms with Gasteiger partial charge in [0.25, 0.3) is 10.0 Å². The Morgan fingerprint density at radius 3 is 2.50 bits per heavy atom. The summed E-state index contributed by atoms with van der Waals surface area (Å²) in [7, 11) is -3.68. The van der Waals surface area contributed by atoms with Gasteiger partial charge in [0.15, 0.2) is 5.17 Å². The monoisotopic (exact) mass is 286 g/mol. The Morgan fingerprint density at radius 2 is 2.00 bits per heavy atom. The fourth-order valence-corrected chi connectivity index (χ4v) is 3.38. The molecule has 2 rings (SSSR count). The van der Waals surface area contributed by atoms with Crippen molar-refractivity contribution in [1.82, 2.24) is 4.72 Å². The van der Waals surface area contributed by atoms with Crippen LogP contribution in [-0.2, 0) is 10.0 Å². The molecular formula is C10H10N2O4S2. The predicted molar refractivity (Wildman–Crippen MR) is 68.5 cm³/mol. The molecule has 18 heavy (non-hydrogen) atoms. The summed E-state index contributed by atoms with van der Waals surface area (Å²) in [5.41, 5.74) is 0.0431. The van der Waals surface area contributed by atoms with Gasteiger partial charge in [0.05, 0.1) is 17.0 Å². The number of nitrogens with one attached hydrogen (secondary N) is 1. The number of hydrogen-bond donors (Lipinski definition) is 2. The summed E-state index contributed by atoms with van der Waals surface area (Å²) in [4.78, 5) is 14.7. The van der Waals surface area contributed by atoms with Gasteiger partial charge in [-0.1, -0.05) is 11.8 Å². The molecule has 0 saturated carbocycles. The van der Waals surface area contributed by atoms with Crippen molar-refractivity contribution in [2.75, 3.05) is 12.3 Å². The summed E-state index contributed by atoms with van der Waals surface area (Å²) < 4.78 is 26.2. The van der Waals surface area contributed by atoms with E-state index in [-0.39, 0.29) is 10.5 Å². The van der Waals surface area contributed by atoms with E-state index in [1.807, 2.05) is 0 Å². The van der Waals surface area contributed by atoms with Gasteiger partial charge in [-0.2, -0.15) is 0 Å². The highest BCUT2D eigenvalue weighted by Crippen LogP contribution is 2.15. The molecule has 0 amide bonds. The number of hydrogen-bond acceptors (Lipinski definition) is 5. The first-order valence-corrected chi connectivity index (χ1v) is 7.49. The van der Waals surface area contributed by atoms with Crippen LogP contribution in [0.3, 0.4) is 0 Å². The molecule has 0 aromatic heterocycles. The predicted octanol–water partition coefficient (Wildman–Crippen LogP) is 0.766. The minimum Gasteiger partial charge on any atom is -0.478 e. The van der Waals surface area contributed by atoms with Gasteiger partial charge in [0.1, 0.15) is 0 Å². The molecule has 0 fully saturated rings. The molecule has 2 N–H and O–H groups in total. The van der Waals surface area contributed by atoms with E-state index >= 15 is 0 Å². The molecule has 0 spiro atoms. The molecule has 0 bridgehead atoms.